The van der Waals surface area contributed by atoms with Crippen molar-refractivity contribution in [3.8, 4) is 0 Å². The molecule has 2 atom stereocenters. The maximum absolute atomic E-state index is 12.8. The van der Waals surface area contributed by atoms with E-state index in [0.29, 0.717) is 32.3 Å². The largest absolute Gasteiger partial charge is 0.444 e. The first-order chi connectivity index (χ1) is 13.9. The Bertz CT molecular complexity index is 836. The average molecular weight is 426 g/mol. The van der Waals surface area contributed by atoms with Crippen LogP contribution in [0.2, 0.25) is 0 Å². The molecule has 2 amide bonds. The van der Waals surface area contributed by atoms with Gasteiger partial charge in [-0.05, 0) is 45.4 Å². The van der Waals surface area contributed by atoms with E-state index < -0.39 is 17.5 Å². The fourth-order valence-electron chi connectivity index (χ4n) is 5.12. The first kappa shape index (κ1) is 20.9. The van der Waals surface area contributed by atoms with Gasteiger partial charge in [0.05, 0.1) is 12.4 Å². The van der Waals surface area contributed by atoms with Gasteiger partial charge in [0.1, 0.15) is 5.60 Å². The van der Waals surface area contributed by atoms with E-state index in [0.717, 1.165) is 19.0 Å². The predicted molar refractivity (Wildman–Crippen MR) is 100 cm³/mol. The van der Waals surface area contributed by atoms with Gasteiger partial charge in [0.25, 0.3) is 0 Å². The van der Waals surface area contributed by atoms with Gasteiger partial charge in [0.2, 0.25) is 5.91 Å². The maximum atomic E-state index is 12.8. The summed E-state index contributed by atoms with van der Waals surface area (Å²) in [5.41, 5.74) is -1.95. The molecule has 3 heterocycles. The van der Waals surface area contributed by atoms with Crippen LogP contribution in [0.15, 0.2) is 12.4 Å². The van der Waals surface area contributed by atoms with Gasteiger partial charge >= 0.3 is 12.3 Å². The average Bonchev–Trinajstić information content (AvgIpc) is 3.02. The highest BCUT2D eigenvalue weighted by atomic mass is 19.4. The molecule has 1 spiro atoms. The summed E-state index contributed by atoms with van der Waals surface area (Å²) in [5.74, 6) is 0.255. The number of piperidine rings is 1. The Hall–Kier alpha value is -2.39. The fourth-order valence-corrected chi connectivity index (χ4v) is 5.12. The summed E-state index contributed by atoms with van der Waals surface area (Å²) in [4.78, 5) is 35.8. The minimum absolute atomic E-state index is 0.138. The van der Waals surface area contributed by atoms with Crippen LogP contribution >= 0.6 is 0 Å². The first-order valence-electron chi connectivity index (χ1n) is 10.1. The first-order valence-corrected chi connectivity index (χ1v) is 10.1. The number of hydrogen-bond donors (Lipinski definition) is 0. The molecule has 1 aromatic heterocycles. The van der Waals surface area contributed by atoms with Crippen LogP contribution in [0.4, 0.5) is 23.8 Å². The third-order valence-corrected chi connectivity index (χ3v) is 6.46. The number of ether oxygens (including phenoxy) is 1. The Balaban J connectivity index is 1.50. The SMILES string of the molecule is CC(C)(C)OC(=O)N1CC2CCC(C1)C21CC(=O)N(c2cnc(C(F)(F)F)cn2)C1. The van der Waals surface area contributed by atoms with Crippen molar-refractivity contribution in [1.29, 1.82) is 0 Å². The number of alkyl halides is 3. The van der Waals surface area contributed by atoms with Crippen LogP contribution in [0.25, 0.3) is 0 Å². The Morgan fingerprint density at radius 1 is 1.13 bits per heavy atom. The van der Waals surface area contributed by atoms with E-state index in [2.05, 4.69) is 9.97 Å². The standard InChI is InChI=1S/C20H25F3N4O3/c1-18(2,3)30-17(29)26-9-12-4-5-13(10-26)19(12)6-16(28)27(11-19)15-8-24-14(7-25-15)20(21,22)23/h7-8,12-13H,4-6,9-11H2,1-3H3. The van der Waals surface area contributed by atoms with E-state index in [9.17, 15) is 22.8 Å². The molecule has 164 valence electrons. The van der Waals surface area contributed by atoms with Crippen molar-refractivity contribution in [3.63, 3.8) is 0 Å². The van der Waals surface area contributed by atoms with Gasteiger partial charge in [-0.3, -0.25) is 9.69 Å². The van der Waals surface area contributed by atoms with Crippen molar-refractivity contribution in [1.82, 2.24) is 14.9 Å². The zero-order valence-electron chi connectivity index (χ0n) is 17.2. The van der Waals surface area contributed by atoms with Gasteiger partial charge in [0, 0.05) is 31.5 Å². The van der Waals surface area contributed by atoms with Gasteiger partial charge in [-0.25, -0.2) is 14.8 Å². The molecule has 0 radical (unpaired) electrons. The fraction of sp³-hybridized carbons (Fsp3) is 0.700. The highest BCUT2D eigenvalue weighted by Crippen LogP contribution is 2.57. The molecular weight excluding hydrogens is 401 g/mol. The summed E-state index contributed by atoms with van der Waals surface area (Å²) in [6.07, 6.45) is -1.12. The molecule has 3 aliphatic rings. The molecule has 2 unspecified atom stereocenters. The van der Waals surface area contributed by atoms with Crippen molar-refractivity contribution in [3.05, 3.63) is 18.1 Å². The number of amides is 2. The van der Waals surface area contributed by atoms with Crippen LogP contribution in [-0.2, 0) is 15.7 Å². The maximum Gasteiger partial charge on any atom is 0.434 e. The summed E-state index contributed by atoms with van der Waals surface area (Å²) < 4.78 is 43.8. The smallest absolute Gasteiger partial charge is 0.434 e. The molecule has 0 N–H and O–H groups in total. The molecule has 30 heavy (non-hydrogen) atoms. The molecule has 1 saturated carbocycles. The Morgan fingerprint density at radius 2 is 1.77 bits per heavy atom. The monoisotopic (exact) mass is 426 g/mol. The van der Waals surface area contributed by atoms with Crippen LogP contribution in [0, 0.1) is 17.3 Å². The van der Waals surface area contributed by atoms with Crippen LogP contribution in [0.1, 0.15) is 45.7 Å². The quantitative estimate of drug-likeness (QED) is 0.687. The van der Waals surface area contributed by atoms with Crippen LogP contribution in [0.3, 0.4) is 0 Å². The minimum atomic E-state index is -4.57. The molecule has 2 aliphatic heterocycles. The number of aromatic nitrogens is 2. The van der Waals surface area contributed by atoms with Crippen molar-refractivity contribution in [2.45, 2.75) is 51.8 Å². The van der Waals surface area contributed by atoms with E-state index in [1.807, 2.05) is 20.8 Å². The molecule has 2 bridgehead atoms. The summed E-state index contributed by atoms with van der Waals surface area (Å²) >= 11 is 0. The second-order valence-corrected chi connectivity index (χ2v) is 9.50. The molecule has 1 aromatic rings. The van der Waals surface area contributed by atoms with Crippen molar-refractivity contribution >= 4 is 17.8 Å². The van der Waals surface area contributed by atoms with Gasteiger partial charge < -0.3 is 9.64 Å². The van der Waals surface area contributed by atoms with E-state index in [1.54, 1.807) is 4.90 Å². The van der Waals surface area contributed by atoms with E-state index in [-0.39, 0.29) is 35.1 Å². The minimum Gasteiger partial charge on any atom is -0.444 e. The summed E-state index contributed by atoms with van der Waals surface area (Å²) in [7, 11) is 0. The Labute approximate surface area is 172 Å². The van der Waals surface area contributed by atoms with Gasteiger partial charge in [-0.2, -0.15) is 13.2 Å². The molecule has 10 heteroatoms. The molecule has 7 nitrogen and oxygen atoms in total. The third-order valence-electron chi connectivity index (χ3n) is 6.46. The Kier molecular flexibility index (Phi) is 4.74. The highest BCUT2D eigenvalue weighted by Gasteiger charge is 2.60. The zero-order valence-corrected chi connectivity index (χ0v) is 17.2. The lowest BCUT2D eigenvalue weighted by Crippen LogP contribution is -2.53. The number of rotatable bonds is 1. The molecule has 3 fully saturated rings. The van der Waals surface area contributed by atoms with E-state index in [4.69, 9.17) is 4.74 Å². The number of anilines is 1. The summed E-state index contributed by atoms with van der Waals surface area (Å²) in [6.45, 7) is 6.90. The van der Waals surface area contributed by atoms with Crippen molar-refractivity contribution in [2.75, 3.05) is 24.5 Å². The topological polar surface area (TPSA) is 75.6 Å². The van der Waals surface area contributed by atoms with Gasteiger partial charge in [-0.15, -0.1) is 0 Å². The molecule has 0 aromatic carbocycles. The lowest BCUT2D eigenvalue weighted by Gasteiger charge is -2.45. The van der Waals surface area contributed by atoms with E-state index in [1.165, 1.54) is 4.90 Å². The highest BCUT2D eigenvalue weighted by molar-refractivity contribution is 5.95. The molecule has 2 saturated heterocycles. The second kappa shape index (κ2) is 6.81. The number of hydrogen-bond acceptors (Lipinski definition) is 5. The predicted octanol–water partition coefficient (Wildman–Crippen LogP) is 3.50. The van der Waals surface area contributed by atoms with Crippen LogP contribution in [-0.4, -0.2) is 52.1 Å². The second-order valence-electron chi connectivity index (χ2n) is 9.50. The molecular formula is C20H25F3N4O3. The van der Waals surface area contributed by atoms with Crippen molar-refractivity contribution in [2.24, 2.45) is 17.3 Å². The normalized spacial score (nSPS) is 29.1. The van der Waals surface area contributed by atoms with Crippen LogP contribution in [0.5, 0.6) is 0 Å². The summed E-state index contributed by atoms with van der Waals surface area (Å²) in [5, 5.41) is 0. The van der Waals surface area contributed by atoms with Gasteiger partial charge in [-0.1, -0.05) is 0 Å². The van der Waals surface area contributed by atoms with Crippen LogP contribution < -0.4 is 4.90 Å². The Morgan fingerprint density at radius 3 is 2.27 bits per heavy atom. The number of likely N-dealkylation sites (tertiary alicyclic amines) is 1. The summed E-state index contributed by atoms with van der Waals surface area (Å²) in [6, 6.07) is 0. The number of carbonyl (C=O) groups excluding carboxylic acids is 2. The lowest BCUT2D eigenvalue weighted by molar-refractivity contribution is -0.141. The van der Waals surface area contributed by atoms with E-state index >= 15 is 0 Å². The zero-order chi connectivity index (χ0) is 21.9. The number of halogens is 3. The molecule has 4 rings (SSSR count). The number of carbonyl (C=O) groups is 2. The van der Waals surface area contributed by atoms with Crippen molar-refractivity contribution < 1.29 is 27.5 Å². The van der Waals surface area contributed by atoms with Gasteiger partial charge in [0.15, 0.2) is 11.5 Å². The molecule has 1 aliphatic carbocycles. The third kappa shape index (κ3) is 3.60. The lowest BCUT2D eigenvalue weighted by atomic mass is 9.68. The number of nitrogens with zero attached hydrogens (tertiary/aromatic N) is 4.